The van der Waals surface area contributed by atoms with Crippen LogP contribution in [0.25, 0.3) is 10.9 Å². The first-order valence-corrected chi connectivity index (χ1v) is 7.59. The van der Waals surface area contributed by atoms with Gasteiger partial charge in [-0.2, -0.15) is 0 Å². The number of H-pyrrole nitrogens is 1. The molecule has 1 amide bonds. The second kappa shape index (κ2) is 5.48. The second-order valence-electron chi connectivity index (χ2n) is 6.03. The number of nitrogens with one attached hydrogen (secondary N) is 1. The number of carboxylic acids is 1. The zero-order chi connectivity index (χ0) is 15.9. The first kappa shape index (κ1) is 14.6. The van der Waals surface area contributed by atoms with E-state index in [0.717, 1.165) is 28.6 Å². The number of rotatable bonds is 2. The van der Waals surface area contributed by atoms with Crippen LogP contribution in [0.5, 0.6) is 0 Å². The minimum atomic E-state index is -0.817. The van der Waals surface area contributed by atoms with Gasteiger partial charge in [0.2, 0.25) is 0 Å². The van der Waals surface area contributed by atoms with Gasteiger partial charge in [-0.3, -0.25) is 9.59 Å². The first-order chi connectivity index (χ1) is 10.5. The molecule has 22 heavy (non-hydrogen) atoms. The number of fused-ring (bicyclic) bond motifs is 1. The highest BCUT2D eigenvalue weighted by Crippen LogP contribution is 2.26. The van der Waals surface area contributed by atoms with E-state index in [1.54, 1.807) is 4.90 Å². The van der Waals surface area contributed by atoms with Crippen molar-refractivity contribution in [2.75, 3.05) is 13.1 Å². The van der Waals surface area contributed by atoms with Crippen molar-refractivity contribution in [1.29, 1.82) is 0 Å². The minimum Gasteiger partial charge on any atom is -0.481 e. The minimum absolute atomic E-state index is 0.0854. The van der Waals surface area contributed by atoms with Crippen LogP contribution in [-0.4, -0.2) is 40.0 Å². The van der Waals surface area contributed by atoms with Crippen LogP contribution in [0.3, 0.4) is 0 Å². The molecule has 3 rings (SSSR count). The van der Waals surface area contributed by atoms with Crippen molar-refractivity contribution >= 4 is 22.8 Å². The summed E-state index contributed by atoms with van der Waals surface area (Å²) in [5, 5.41) is 10.2. The predicted octanol–water partition coefficient (Wildman–Crippen LogP) is 2.72. The van der Waals surface area contributed by atoms with Crippen molar-refractivity contribution in [3.05, 3.63) is 35.0 Å². The number of hydrogen-bond acceptors (Lipinski definition) is 2. The van der Waals surface area contributed by atoms with Gasteiger partial charge in [0.25, 0.3) is 5.91 Å². The van der Waals surface area contributed by atoms with Crippen LogP contribution in [0.1, 0.15) is 34.5 Å². The predicted molar refractivity (Wildman–Crippen MR) is 84.0 cm³/mol. The molecule has 0 saturated carbocycles. The molecule has 116 valence electrons. The molecule has 5 heteroatoms. The zero-order valence-electron chi connectivity index (χ0n) is 12.8. The molecule has 1 saturated heterocycles. The monoisotopic (exact) mass is 300 g/mol. The Morgan fingerprint density at radius 1 is 1.32 bits per heavy atom. The largest absolute Gasteiger partial charge is 0.481 e. The van der Waals surface area contributed by atoms with Crippen LogP contribution in [-0.2, 0) is 4.79 Å². The molecule has 2 heterocycles. The van der Waals surface area contributed by atoms with Crippen molar-refractivity contribution in [2.45, 2.75) is 26.7 Å². The Morgan fingerprint density at radius 2 is 2.09 bits per heavy atom. The second-order valence-corrected chi connectivity index (χ2v) is 6.03. The molecule has 1 aliphatic rings. The van der Waals surface area contributed by atoms with Gasteiger partial charge in [0.15, 0.2) is 0 Å². The summed E-state index contributed by atoms with van der Waals surface area (Å²) in [5.41, 5.74) is 3.67. The maximum absolute atomic E-state index is 12.8. The molecule has 1 atom stereocenters. The molecule has 1 fully saturated rings. The summed E-state index contributed by atoms with van der Waals surface area (Å²) in [7, 11) is 0. The number of likely N-dealkylation sites (tertiary alicyclic amines) is 1. The molecule has 0 spiro atoms. The lowest BCUT2D eigenvalue weighted by molar-refractivity contribution is -0.143. The van der Waals surface area contributed by atoms with E-state index in [4.69, 9.17) is 0 Å². The van der Waals surface area contributed by atoms with Gasteiger partial charge in [-0.1, -0.05) is 12.1 Å². The van der Waals surface area contributed by atoms with E-state index >= 15 is 0 Å². The highest BCUT2D eigenvalue weighted by Gasteiger charge is 2.29. The zero-order valence-corrected chi connectivity index (χ0v) is 12.8. The number of aliphatic carboxylic acids is 1. The van der Waals surface area contributed by atoms with Crippen molar-refractivity contribution in [3.63, 3.8) is 0 Å². The third-order valence-electron chi connectivity index (χ3n) is 4.63. The van der Waals surface area contributed by atoms with Gasteiger partial charge in [0, 0.05) is 24.2 Å². The molecule has 1 aromatic heterocycles. The summed E-state index contributed by atoms with van der Waals surface area (Å²) < 4.78 is 0. The quantitative estimate of drug-likeness (QED) is 0.895. The lowest BCUT2D eigenvalue weighted by Gasteiger charge is -2.30. The number of carbonyl (C=O) groups is 2. The van der Waals surface area contributed by atoms with Crippen molar-refractivity contribution in [3.8, 4) is 0 Å². The van der Waals surface area contributed by atoms with Crippen molar-refractivity contribution < 1.29 is 14.7 Å². The van der Waals surface area contributed by atoms with Crippen molar-refractivity contribution in [1.82, 2.24) is 9.88 Å². The maximum atomic E-state index is 12.8. The lowest BCUT2D eigenvalue weighted by Crippen LogP contribution is -2.42. The number of benzene rings is 1. The van der Waals surface area contributed by atoms with E-state index in [9.17, 15) is 14.7 Å². The Morgan fingerprint density at radius 3 is 2.82 bits per heavy atom. The molecule has 2 N–H and O–H groups in total. The Labute approximate surface area is 128 Å². The van der Waals surface area contributed by atoms with Crippen LogP contribution >= 0.6 is 0 Å². The first-order valence-electron chi connectivity index (χ1n) is 7.59. The molecule has 1 aliphatic heterocycles. The number of carboxylic acid groups (broad SMARTS) is 1. The Kier molecular flexibility index (Phi) is 3.64. The molecule has 0 radical (unpaired) electrons. The average Bonchev–Trinajstić information content (AvgIpc) is 2.82. The number of hydrogen-bond donors (Lipinski definition) is 2. The number of aromatic nitrogens is 1. The van der Waals surface area contributed by atoms with Crippen LogP contribution in [0.2, 0.25) is 0 Å². The Bertz CT molecular complexity index is 748. The number of para-hydroxylation sites is 1. The van der Waals surface area contributed by atoms with E-state index in [-0.39, 0.29) is 5.91 Å². The molecule has 2 aromatic rings. The normalized spacial score (nSPS) is 18.6. The van der Waals surface area contributed by atoms with Gasteiger partial charge in [-0.05, 0) is 38.3 Å². The summed E-state index contributed by atoms with van der Waals surface area (Å²) in [5.74, 6) is -1.36. The smallest absolute Gasteiger partial charge is 0.308 e. The van der Waals surface area contributed by atoms with Gasteiger partial charge >= 0.3 is 5.97 Å². The molecular weight excluding hydrogens is 280 g/mol. The van der Waals surface area contributed by atoms with E-state index in [1.165, 1.54) is 0 Å². The van der Waals surface area contributed by atoms with Gasteiger partial charge < -0.3 is 15.0 Å². The summed E-state index contributed by atoms with van der Waals surface area (Å²) in [4.78, 5) is 28.9. The van der Waals surface area contributed by atoms with E-state index in [0.29, 0.717) is 25.1 Å². The number of aryl methyl sites for hydroxylation is 2. The summed E-state index contributed by atoms with van der Waals surface area (Å²) in [6, 6.07) is 5.69. The Hall–Kier alpha value is -2.30. The molecule has 1 aromatic carbocycles. The third kappa shape index (κ3) is 2.36. The molecule has 0 unspecified atom stereocenters. The molecular formula is C17H20N2O3. The number of nitrogens with zero attached hydrogens (tertiary/aromatic N) is 1. The molecule has 0 bridgehead atoms. The molecule has 0 aliphatic carbocycles. The standard InChI is InChI=1S/C17H20N2O3/c1-10-11(2)18-15-13(10)6-3-7-14(15)16(20)19-8-4-5-12(9-19)17(21)22/h3,6-7,12,18H,4-5,8-9H2,1-2H3,(H,21,22)/t12-/m1/s1. The Balaban J connectivity index is 1.95. The number of carbonyl (C=O) groups excluding carboxylic acids is 1. The van der Waals surface area contributed by atoms with Gasteiger partial charge in [0.05, 0.1) is 17.0 Å². The van der Waals surface area contributed by atoms with E-state index in [1.807, 2.05) is 32.0 Å². The van der Waals surface area contributed by atoms with E-state index < -0.39 is 11.9 Å². The van der Waals surface area contributed by atoms with Crippen LogP contribution < -0.4 is 0 Å². The van der Waals surface area contributed by atoms with Crippen LogP contribution in [0.4, 0.5) is 0 Å². The van der Waals surface area contributed by atoms with Gasteiger partial charge in [-0.15, -0.1) is 0 Å². The fourth-order valence-electron chi connectivity index (χ4n) is 3.19. The fourth-order valence-corrected chi connectivity index (χ4v) is 3.19. The van der Waals surface area contributed by atoms with E-state index in [2.05, 4.69) is 4.98 Å². The summed E-state index contributed by atoms with van der Waals surface area (Å²) in [6.45, 7) is 4.94. The van der Waals surface area contributed by atoms with Crippen LogP contribution in [0.15, 0.2) is 18.2 Å². The van der Waals surface area contributed by atoms with Gasteiger partial charge in [-0.25, -0.2) is 0 Å². The topological polar surface area (TPSA) is 73.4 Å². The average molecular weight is 300 g/mol. The number of amides is 1. The summed E-state index contributed by atoms with van der Waals surface area (Å²) >= 11 is 0. The third-order valence-corrected chi connectivity index (χ3v) is 4.63. The fraction of sp³-hybridized carbons (Fsp3) is 0.412. The number of piperidine rings is 1. The summed E-state index contributed by atoms with van der Waals surface area (Å²) in [6.07, 6.45) is 1.38. The number of aromatic amines is 1. The van der Waals surface area contributed by atoms with Crippen LogP contribution in [0, 0.1) is 19.8 Å². The molecule has 5 nitrogen and oxygen atoms in total. The highest BCUT2D eigenvalue weighted by atomic mass is 16.4. The SMILES string of the molecule is Cc1[nH]c2c(C(=O)N3CCC[C@@H](C(=O)O)C3)cccc2c1C. The highest BCUT2D eigenvalue weighted by molar-refractivity contribution is 6.06. The maximum Gasteiger partial charge on any atom is 0.308 e. The lowest BCUT2D eigenvalue weighted by atomic mass is 9.97. The van der Waals surface area contributed by atoms with Crippen molar-refractivity contribution in [2.24, 2.45) is 5.92 Å². The van der Waals surface area contributed by atoms with Gasteiger partial charge in [0.1, 0.15) is 0 Å².